The van der Waals surface area contributed by atoms with E-state index in [0.717, 1.165) is 0 Å². The third kappa shape index (κ3) is 3.99. The van der Waals surface area contributed by atoms with Crippen LogP contribution >= 0.6 is 0 Å². The maximum Gasteiger partial charge on any atom is 0.223 e. The van der Waals surface area contributed by atoms with E-state index < -0.39 is 10.8 Å². The monoisotopic (exact) mass is 244 g/mol. The average molecular weight is 244 g/mol. The van der Waals surface area contributed by atoms with Gasteiger partial charge in [-0.15, -0.1) is 0 Å². The lowest BCUT2D eigenvalue weighted by molar-refractivity contribution is 0.683. The molecule has 0 amide bonds. The van der Waals surface area contributed by atoms with E-state index in [2.05, 4.69) is 20.7 Å². The van der Waals surface area contributed by atoms with Gasteiger partial charge in [0.1, 0.15) is 11.6 Å². The highest BCUT2D eigenvalue weighted by Crippen LogP contribution is 2.12. The minimum Gasteiger partial charge on any atom is -0.368 e. The van der Waals surface area contributed by atoms with Crippen molar-refractivity contribution >= 4 is 28.4 Å². The quantitative estimate of drug-likeness (QED) is 0.408. The summed E-state index contributed by atoms with van der Waals surface area (Å²) in [6.07, 6.45) is 1.65. The molecule has 0 aromatic carbocycles. The highest BCUT2D eigenvalue weighted by atomic mass is 32.2. The van der Waals surface area contributed by atoms with Gasteiger partial charge in [-0.1, -0.05) is 0 Å². The summed E-state index contributed by atoms with van der Waals surface area (Å²) in [5, 5.41) is 3.07. The molecule has 6 N–H and O–H groups in total. The van der Waals surface area contributed by atoms with Crippen LogP contribution in [0.15, 0.2) is 6.07 Å². The predicted octanol–water partition coefficient (Wildman–Crippen LogP) is -0.477. The van der Waals surface area contributed by atoms with Gasteiger partial charge in [-0.25, -0.2) is 5.84 Å². The van der Waals surface area contributed by atoms with Crippen LogP contribution in [0.3, 0.4) is 0 Å². The summed E-state index contributed by atoms with van der Waals surface area (Å²) in [4.78, 5) is 7.84. The van der Waals surface area contributed by atoms with Gasteiger partial charge in [0.25, 0.3) is 0 Å². The third-order valence-corrected chi connectivity index (χ3v) is 2.74. The van der Waals surface area contributed by atoms with Crippen molar-refractivity contribution in [1.82, 2.24) is 9.97 Å². The van der Waals surface area contributed by atoms with Crippen LogP contribution in [0.2, 0.25) is 0 Å². The first-order chi connectivity index (χ1) is 7.51. The van der Waals surface area contributed by atoms with E-state index >= 15 is 0 Å². The zero-order valence-electron chi connectivity index (χ0n) is 9.23. The second-order valence-corrected chi connectivity index (χ2v) is 4.91. The zero-order valence-corrected chi connectivity index (χ0v) is 10.0. The molecule has 0 bridgehead atoms. The number of rotatable bonds is 5. The van der Waals surface area contributed by atoms with Crippen LogP contribution < -0.4 is 22.3 Å². The number of anilines is 3. The summed E-state index contributed by atoms with van der Waals surface area (Å²) in [6.45, 7) is 1.91. The molecular weight excluding hydrogens is 228 g/mol. The molecule has 0 spiro atoms. The lowest BCUT2D eigenvalue weighted by Crippen LogP contribution is -2.23. The van der Waals surface area contributed by atoms with Gasteiger partial charge in [0, 0.05) is 34.9 Å². The summed E-state index contributed by atoms with van der Waals surface area (Å²) in [6, 6.07) is 1.66. The van der Waals surface area contributed by atoms with Crippen molar-refractivity contribution in [3.05, 3.63) is 6.07 Å². The summed E-state index contributed by atoms with van der Waals surface area (Å²) in [5.74, 6) is 6.88. The zero-order chi connectivity index (χ0) is 12.1. The van der Waals surface area contributed by atoms with Gasteiger partial charge in [0.15, 0.2) is 0 Å². The molecule has 2 unspecified atom stereocenters. The topological polar surface area (TPSA) is 119 Å². The van der Waals surface area contributed by atoms with Crippen LogP contribution in [0.25, 0.3) is 0 Å². The third-order valence-electron chi connectivity index (χ3n) is 1.77. The van der Waals surface area contributed by atoms with Gasteiger partial charge >= 0.3 is 0 Å². The van der Waals surface area contributed by atoms with E-state index in [0.29, 0.717) is 17.4 Å². The smallest absolute Gasteiger partial charge is 0.223 e. The molecule has 16 heavy (non-hydrogen) atoms. The lowest BCUT2D eigenvalue weighted by Gasteiger charge is -2.13. The molecule has 1 aromatic rings. The number of nitrogens with two attached hydrogens (primary N) is 2. The fourth-order valence-electron chi connectivity index (χ4n) is 1.26. The van der Waals surface area contributed by atoms with Crippen molar-refractivity contribution in [1.29, 1.82) is 0 Å². The van der Waals surface area contributed by atoms with Gasteiger partial charge in [-0.2, -0.15) is 9.97 Å². The molecule has 2 atom stereocenters. The van der Waals surface area contributed by atoms with Crippen LogP contribution in [-0.2, 0) is 10.8 Å². The van der Waals surface area contributed by atoms with Gasteiger partial charge in [-0.3, -0.25) is 4.21 Å². The molecular formula is C8H16N6OS. The molecule has 8 heteroatoms. The Bertz CT molecular complexity index is 385. The number of nitrogen functional groups attached to an aromatic ring is 2. The fraction of sp³-hybridized carbons (Fsp3) is 0.500. The molecule has 7 nitrogen and oxygen atoms in total. The molecule has 0 saturated heterocycles. The average Bonchev–Trinajstić information content (AvgIpc) is 2.14. The molecule has 1 aromatic heterocycles. The maximum absolute atomic E-state index is 11.0. The van der Waals surface area contributed by atoms with Crippen molar-refractivity contribution in [3.8, 4) is 0 Å². The summed E-state index contributed by atoms with van der Waals surface area (Å²) in [7, 11) is -0.859. The van der Waals surface area contributed by atoms with Crippen molar-refractivity contribution < 1.29 is 4.21 Å². The maximum atomic E-state index is 11.0. The van der Waals surface area contributed by atoms with E-state index in [-0.39, 0.29) is 12.0 Å². The number of hydrazine groups is 1. The van der Waals surface area contributed by atoms with Gasteiger partial charge < -0.3 is 16.5 Å². The van der Waals surface area contributed by atoms with Crippen LogP contribution in [0.4, 0.5) is 17.6 Å². The highest BCUT2D eigenvalue weighted by molar-refractivity contribution is 7.84. The number of nitrogens with one attached hydrogen (secondary N) is 2. The van der Waals surface area contributed by atoms with Gasteiger partial charge in [0.2, 0.25) is 5.95 Å². The molecule has 0 aliphatic rings. The number of hydrogen-bond acceptors (Lipinski definition) is 7. The van der Waals surface area contributed by atoms with Crippen molar-refractivity contribution in [2.24, 2.45) is 5.84 Å². The number of hydrogen-bond donors (Lipinski definition) is 4. The van der Waals surface area contributed by atoms with Crippen molar-refractivity contribution in [2.45, 2.75) is 13.0 Å². The van der Waals surface area contributed by atoms with Crippen LogP contribution in [0.5, 0.6) is 0 Å². The first kappa shape index (κ1) is 12.7. The normalized spacial score (nSPS) is 14.2. The Balaban J connectivity index is 2.72. The Morgan fingerprint density at radius 3 is 2.69 bits per heavy atom. The Labute approximate surface area is 96.5 Å². The van der Waals surface area contributed by atoms with Crippen LogP contribution in [0, 0.1) is 0 Å². The van der Waals surface area contributed by atoms with E-state index in [4.69, 9.17) is 11.6 Å². The van der Waals surface area contributed by atoms with Crippen molar-refractivity contribution in [3.63, 3.8) is 0 Å². The molecule has 0 radical (unpaired) electrons. The SMILES string of the molecule is CC(CS(C)=O)Nc1cc(NN)nc(N)n1. The van der Waals surface area contributed by atoms with E-state index in [1.807, 2.05) is 6.92 Å². The Morgan fingerprint density at radius 2 is 2.12 bits per heavy atom. The van der Waals surface area contributed by atoms with Crippen LogP contribution in [0.1, 0.15) is 6.92 Å². The highest BCUT2D eigenvalue weighted by Gasteiger charge is 2.07. The molecule has 0 saturated carbocycles. The minimum absolute atomic E-state index is 0.0331. The molecule has 90 valence electrons. The van der Waals surface area contributed by atoms with E-state index in [1.54, 1.807) is 12.3 Å². The van der Waals surface area contributed by atoms with Crippen LogP contribution in [-0.4, -0.2) is 32.2 Å². The number of aromatic nitrogens is 2. The molecule has 0 fully saturated rings. The Hall–Kier alpha value is -1.41. The molecule has 0 aliphatic carbocycles. The summed E-state index contributed by atoms with van der Waals surface area (Å²) in [5.41, 5.74) is 7.89. The first-order valence-electron chi connectivity index (χ1n) is 4.69. The second kappa shape index (κ2) is 5.61. The Morgan fingerprint density at radius 1 is 1.50 bits per heavy atom. The Kier molecular flexibility index (Phi) is 4.44. The van der Waals surface area contributed by atoms with Gasteiger partial charge in [0.05, 0.1) is 0 Å². The first-order valence-corrected chi connectivity index (χ1v) is 6.41. The molecule has 0 aliphatic heterocycles. The molecule has 1 heterocycles. The summed E-state index contributed by atoms with van der Waals surface area (Å²) < 4.78 is 11.0. The minimum atomic E-state index is -0.859. The lowest BCUT2D eigenvalue weighted by atomic mass is 10.4. The molecule has 1 rings (SSSR count). The summed E-state index contributed by atoms with van der Waals surface area (Å²) >= 11 is 0. The van der Waals surface area contributed by atoms with E-state index in [9.17, 15) is 4.21 Å². The van der Waals surface area contributed by atoms with Gasteiger partial charge in [-0.05, 0) is 6.92 Å². The van der Waals surface area contributed by atoms with E-state index in [1.165, 1.54) is 0 Å². The predicted molar refractivity (Wildman–Crippen MR) is 66.3 cm³/mol. The largest absolute Gasteiger partial charge is 0.368 e. The fourth-order valence-corrected chi connectivity index (χ4v) is 2.05. The second-order valence-electron chi connectivity index (χ2n) is 3.43. The number of nitrogens with zero attached hydrogens (tertiary/aromatic N) is 2. The van der Waals surface area contributed by atoms with Crippen molar-refractivity contribution in [2.75, 3.05) is 28.5 Å². The standard InChI is InChI=1S/C8H16N6OS/c1-5(4-16(2)15)11-6-3-7(14-10)13-8(9)12-6/h3,5H,4,10H2,1-2H3,(H4,9,11,12,13,14).